The van der Waals surface area contributed by atoms with E-state index in [2.05, 4.69) is 10.2 Å². The molecule has 0 aromatic carbocycles. The van der Waals surface area contributed by atoms with Crippen molar-refractivity contribution < 1.29 is 9.53 Å². The monoisotopic (exact) mass is 268 g/mol. The average molecular weight is 268 g/mol. The van der Waals surface area contributed by atoms with Crippen LogP contribution in [0.15, 0.2) is 0 Å². The first-order valence-corrected chi connectivity index (χ1v) is 7.72. The Morgan fingerprint density at radius 2 is 2.05 bits per heavy atom. The quantitative estimate of drug-likeness (QED) is 0.770. The van der Waals surface area contributed by atoms with Crippen molar-refractivity contribution in [1.29, 1.82) is 0 Å². The van der Waals surface area contributed by atoms with Crippen LogP contribution in [0.3, 0.4) is 0 Å². The first kappa shape index (κ1) is 14.8. The highest BCUT2D eigenvalue weighted by molar-refractivity contribution is 5.75. The first-order chi connectivity index (χ1) is 9.24. The Morgan fingerprint density at radius 1 is 1.32 bits per heavy atom. The van der Waals surface area contributed by atoms with Crippen molar-refractivity contribution in [2.75, 3.05) is 33.8 Å². The van der Waals surface area contributed by atoms with E-state index in [4.69, 9.17) is 4.74 Å². The molecule has 0 aromatic rings. The van der Waals surface area contributed by atoms with Crippen LogP contribution < -0.4 is 5.32 Å². The number of fused-ring (bicyclic) bond motifs is 1. The van der Waals surface area contributed by atoms with Crippen LogP contribution in [0, 0.1) is 11.8 Å². The minimum atomic E-state index is -0.158. The van der Waals surface area contributed by atoms with Gasteiger partial charge in [-0.1, -0.05) is 19.3 Å². The van der Waals surface area contributed by atoms with Crippen LogP contribution in [-0.2, 0) is 9.53 Å². The van der Waals surface area contributed by atoms with Crippen molar-refractivity contribution >= 4 is 5.97 Å². The normalized spacial score (nSPS) is 29.6. The maximum absolute atomic E-state index is 11.5. The molecule has 4 heteroatoms. The van der Waals surface area contributed by atoms with Gasteiger partial charge in [-0.05, 0) is 44.7 Å². The summed E-state index contributed by atoms with van der Waals surface area (Å²) in [6, 6.07) is -0.158. The van der Waals surface area contributed by atoms with Crippen LogP contribution in [0.4, 0.5) is 0 Å². The average Bonchev–Trinajstić information content (AvgIpc) is 2.47. The van der Waals surface area contributed by atoms with Crippen LogP contribution in [0.5, 0.6) is 0 Å². The van der Waals surface area contributed by atoms with Gasteiger partial charge in [0.15, 0.2) is 0 Å². The van der Waals surface area contributed by atoms with Gasteiger partial charge in [0.2, 0.25) is 0 Å². The first-order valence-electron chi connectivity index (χ1n) is 7.72. The van der Waals surface area contributed by atoms with Gasteiger partial charge in [0.05, 0.1) is 7.11 Å². The Morgan fingerprint density at radius 3 is 2.74 bits per heavy atom. The second kappa shape index (κ2) is 7.25. The molecule has 0 aromatic heterocycles. The highest BCUT2D eigenvalue weighted by Gasteiger charge is 2.31. The molecule has 1 saturated heterocycles. The van der Waals surface area contributed by atoms with Crippen LogP contribution in [-0.4, -0.2) is 50.7 Å². The van der Waals surface area contributed by atoms with E-state index in [0.717, 1.165) is 24.8 Å². The summed E-state index contributed by atoms with van der Waals surface area (Å²) in [4.78, 5) is 14.1. The lowest BCUT2D eigenvalue weighted by atomic mass is 9.75. The van der Waals surface area contributed by atoms with Gasteiger partial charge < -0.3 is 15.0 Å². The molecule has 0 bridgehead atoms. The third-order valence-corrected chi connectivity index (χ3v) is 4.94. The number of nitrogens with zero attached hydrogens (tertiary/aromatic N) is 1. The topological polar surface area (TPSA) is 41.6 Å². The summed E-state index contributed by atoms with van der Waals surface area (Å²) < 4.78 is 4.81. The van der Waals surface area contributed by atoms with Crippen molar-refractivity contribution in [1.82, 2.24) is 10.2 Å². The molecule has 2 aliphatic rings. The van der Waals surface area contributed by atoms with E-state index in [0.29, 0.717) is 0 Å². The molecule has 2 fully saturated rings. The van der Waals surface area contributed by atoms with Crippen molar-refractivity contribution in [3.05, 3.63) is 0 Å². The van der Waals surface area contributed by atoms with E-state index in [1.165, 1.54) is 52.3 Å². The van der Waals surface area contributed by atoms with Crippen molar-refractivity contribution in [3.63, 3.8) is 0 Å². The second-order valence-corrected chi connectivity index (χ2v) is 6.05. The highest BCUT2D eigenvalue weighted by Crippen LogP contribution is 2.35. The zero-order chi connectivity index (χ0) is 13.7. The molecule has 2 rings (SSSR count). The van der Waals surface area contributed by atoms with Gasteiger partial charge >= 0.3 is 5.97 Å². The Kier molecular flexibility index (Phi) is 5.64. The van der Waals surface area contributed by atoms with Gasteiger partial charge in [-0.3, -0.25) is 4.79 Å². The molecule has 0 amide bonds. The molecule has 1 saturated carbocycles. The van der Waals surface area contributed by atoms with E-state index < -0.39 is 0 Å². The van der Waals surface area contributed by atoms with Gasteiger partial charge in [0, 0.05) is 13.1 Å². The number of hydrogen-bond acceptors (Lipinski definition) is 4. The SMILES string of the molecule is CNC(CCN1CCC2CCCCC2C1)C(=O)OC. The number of carbonyl (C=O) groups excluding carboxylic acids is 1. The van der Waals surface area contributed by atoms with Gasteiger partial charge in [-0.2, -0.15) is 0 Å². The maximum Gasteiger partial charge on any atom is 0.322 e. The smallest absolute Gasteiger partial charge is 0.322 e. The number of rotatable bonds is 5. The lowest BCUT2D eigenvalue weighted by molar-refractivity contribution is -0.143. The van der Waals surface area contributed by atoms with E-state index >= 15 is 0 Å². The fourth-order valence-electron chi connectivity index (χ4n) is 3.71. The fraction of sp³-hybridized carbons (Fsp3) is 0.933. The lowest BCUT2D eigenvalue weighted by Gasteiger charge is -2.41. The number of likely N-dealkylation sites (tertiary alicyclic amines) is 1. The summed E-state index contributed by atoms with van der Waals surface area (Å²) in [7, 11) is 3.29. The molecule has 3 unspecified atom stereocenters. The molecule has 1 N–H and O–H groups in total. The molecular weight excluding hydrogens is 240 g/mol. The number of methoxy groups -OCH3 is 1. The standard InChI is InChI=1S/C15H28N2O2/c1-16-14(15(18)19-2)8-10-17-9-7-12-5-3-4-6-13(12)11-17/h12-14,16H,3-11H2,1-2H3. The summed E-state index contributed by atoms with van der Waals surface area (Å²) in [5, 5.41) is 3.05. The largest absolute Gasteiger partial charge is 0.468 e. The van der Waals surface area contributed by atoms with Gasteiger partial charge in [0.1, 0.15) is 6.04 Å². The van der Waals surface area contributed by atoms with Gasteiger partial charge in [0.25, 0.3) is 0 Å². The number of carbonyl (C=O) groups is 1. The second-order valence-electron chi connectivity index (χ2n) is 6.05. The molecule has 110 valence electrons. The number of hydrogen-bond donors (Lipinski definition) is 1. The minimum Gasteiger partial charge on any atom is -0.468 e. The Hall–Kier alpha value is -0.610. The predicted molar refractivity (Wildman–Crippen MR) is 76.0 cm³/mol. The zero-order valence-corrected chi connectivity index (χ0v) is 12.4. The number of piperidine rings is 1. The maximum atomic E-state index is 11.5. The number of ether oxygens (including phenoxy) is 1. The summed E-state index contributed by atoms with van der Waals surface area (Å²) in [5.41, 5.74) is 0. The van der Waals surface area contributed by atoms with E-state index in [-0.39, 0.29) is 12.0 Å². The highest BCUT2D eigenvalue weighted by atomic mass is 16.5. The molecule has 0 radical (unpaired) electrons. The van der Waals surface area contributed by atoms with E-state index in [1.54, 1.807) is 0 Å². The van der Waals surface area contributed by atoms with E-state index in [9.17, 15) is 4.79 Å². The van der Waals surface area contributed by atoms with Crippen LogP contribution >= 0.6 is 0 Å². The Bertz CT molecular complexity index is 296. The summed E-state index contributed by atoms with van der Waals surface area (Å²) >= 11 is 0. The Balaban J connectivity index is 1.75. The molecular formula is C15H28N2O2. The van der Waals surface area contributed by atoms with Crippen molar-refractivity contribution in [2.45, 2.75) is 44.6 Å². The summed E-state index contributed by atoms with van der Waals surface area (Å²) in [5.74, 6) is 1.74. The van der Waals surface area contributed by atoms with E-state index in [1.807, 2.05) is 7.05 Å². The molecule has 1 heterocycles. The van der Waals surface area contributed by atoms with Gasteiger partial charge in [-0.15, -0.1) is 0 Å². The molecule has 1 aliphatic carbocycles. The molecule has 4 nitrogen and oxygen atoms in total. The lowest BCUT2D eigenvalue weighted by Crippen LogP contribution is -2.44. The third kappa shape index (κ3) is 3.93. The van der Waals surface area contributed by atoms with Crippen molar-refractivity contribution in [2.24, 2.45) is 11.8 Å². The predicted octanol–water partition coefficient (Wildman–Crippen LogP) is 1.65. The third-order valence-electron chi connectivity index (χ3n) is 4.94. The molecule has 19 heavy (non-hydrogen) atoms. The summed E-state index contributed by atoms with van der Waals surface area (Å²) in [6.07, 6.45) is 7.91. The molecule has 1 aliphatic heterocycles. The Labute approximate surface area is 116 Å². The number of likely N-dealkylation sites (N-methyl/N-ethyl adjacent to an activating group) is 1. The number of nitrogens with one attached hydrogen (secondary N) is 1. The number of esters is 1. The zero-order valence-electron chi connectivity index (χ0n) is 12.4. The summed E-state index contributed by atoms with van der Waals surface area (Å²) in [6.45, 7) is 3.45. The van der Waals surface area contributed by atoms with Crippen molar-refractivity contribution in [3.8, 4) is 0 Å². The fourth-order valence-corrected chi connectivity index (χ4v) is 3.71. The van der Waals surface area contributed by atoms with Crippen LogP contribution in [0.1, 0.15) is 38.5 Å². The molecule has 0 spiro atoms. The minimum absolute atomic E-state index is 0.143. The molecule has 3 atom stereocenters. The van der Waals surface area contributed by atoms with Crippen LogP contribution in [0.2, 0.25) is 0 Å². The van der Waals surface area contributed by atoms with Gasteiger partial charge in [-0.25, -0.2) is 0 Å². The van der Waals surface area contributed by atoms with Crippen LogP contribution in [0.25, 0.3) is 0 Å².